The fourth-order valence-corrected chi connectivity index (χ4v) is 3.14. The second kappa shape index (κ2) is 7.14. The first-order valence-electron chi connectivity index (χ1n) is 9.24. The number of benzene rings is 2. The number of nitrogens with zero attached hydrogens (tertiary/aromatic N) is 5. The largest absolute Gasteiger partial charge is 0.343 e. The maximum Gasteiger partial charge on any atom is 0.246 e. The molecule has 0 bridgehead atoms. The summed E-state index contributed by atoms with van der Waals surface area (Å²) in [7, 11) is 0. The van der Waals surface area contributed by atoms with Crippen LogP contribution in [0.5, 0.6) is 0 Å². The van der Waals surface area contributed by atoms with Crippen molar-refractivity contribution in [3.63, 3.8) is 0 Å². The Balaban J connectivity index is 1.42. The number of pyridine rings is 1. The Labute approximate surface area is 170 Å². The van der Waals surface area contributed by atoms with E-state index in [9.17, 15) is 8.78 Å². The lowest BCUT2D eigenvalue weighted by molar-refractivity contribution is 0.371. The van der Waals surface area contributed by atoms with Crippen molar-refractivity contribution in [3.05, 3.63) is 84.0 Å². The highest BCUT2D eigenvalue weighted by molar-refractivity contribution is 5.66. The van der Waals surface area contributed by atoms with Crippen LogP contribution >= 0.6 is 0 Å². The summed E-state index contributed by atoms with van der Waals surface area (Å²) in [6, 6.07) is 13.5. The lowest BCUT2D eigenvalue weighted by Gasteiger charge is -2.04. The van der Waals surface area contributed by atoms with Crippen molar-refractivity contribution < 1.29 is 13.3 Å². The standard InChI is InChI=1S/C22H15F2N5O/c1-13-5-7-14(8-6-13)21-27-19(30-28-21)12-29-10-9-17-18(11-29)26-22(25-17)15-3-2-4-16(23)20(15)24/h2-11H,12H2,1H3. The second-order valence-electron chi connectivity index (χ2n) is 6.91. The van der Waals surface area contributed by atoms with Gasteiger partial charge in [0.15, 0.2) is 17.5 Å². The minimum Gasteiger partial charge on any atom is -0.343 e. The monoisotopic (exact) mass is 403 g/mol. The Morgan fingerprint density at radius 1 is 0.900 bits per heavy atom. The van der Waals surface area contributed by atoms with Gasteiger partial charge in [0.05, 0.1) is 11.3 Å². The van der Waals surface area contributed by atoms with Crippen LogP contribution in [0.1, 0.15) is 11.5 Å². The molecule has 2 aliphatic heterocycles. The Bertz CT molecular complexity index is 1310. The lowest BCUT2D eigenvalue weighted by atomic mass is 10.1. The molecule has 30 heavy (non-hydrogen) atoms. The molecule has 0 saturated heterocycles. The number of imidazole rings is 1. The van der Waals surface area contributed by atoms with E-state index in [4.69, 9.17) is 4.52 Å². The van der Waals surface area contributed by atoms with Crippen LogP contribution in [0.2, 0.25) is 0 Å². The summed E-state index contributed by atoms with van der Waals surface area (Å²) < 4.78 is 34.7. The van der Waals surface area contributed by atoms with Crippen molar-refractivity contribution >= 4 is 0 Å². The number of halogens is 2. The predicted molar refractivity (Wildman–Crippen MR) is 106 cm³/mol. The van der Waals surface area contributed by atoms with Crippen molar-refractivity contribution in [1.82, 2.24) is 24.7 Å². The summed E-state index contributed by atoms with van der Waals surface area (Å²) in [5.41, 5.74) is 3.18. The van der Waals surface area contributed by atoms with Crippen LogP contribution in [0.15, 0.2) is 65.4 Å². The van der Waals surface area contributed by atoms with Gasteiger partial charge in [0.25, 0.3) is 0 Å². The van der Waals surface area contributed by atoms with Crippen LogP contribution in [-0.4, -0.2) is 24.7 Å². The zero-order valence-corrected chi connectivity index (χ0v) is 15.9. The van der Waals surface area contributed by atoms with Gasteiger partial charge >= 0.3 is 0 Å². The minimum absolute atomic E-state index is 0.0254. The Morgan fingerprint density at radius 3 is 2.53 bits per heavy atom. The molecule has 0 N–H and O–H groups in total. The molecule has 0 unspecified atom stereocenters. The molecule has 3 aromatic rings. The highest BCUT2D eigenvalue weighted by Crippen LogP contribution is 2.27. The molecule has 0 aliphatic carbocycles. The van der Waals surface area contributed by atoms with E-state index in [2.05, 4.69) is 20.1 Å². The lowest BCUT2D eigenvalue weighted by Crippen LogP contribution is -2.01. The zero-order chi connectivity index (χ0) is 20.7. The third-order valence-electron chi connectivity index (χ3n) is 4.72. The molecule has 0 fully saturated rings. The SMILES string of the molecule is Cc1ccc(-c2noc(Cn3ccc4nc(-c5cccc(F)c5F)nc-4c3)n2)cc1. The van der Waals surface area contributed by atoms with Crippen molar-refractivity contribution in [1.29, 1.82) is 0 Å². The molecule has 2 aromatic carbocycles. The van der Waals surface area contributed by atoms with Gasteiger partial charge in [0.1, 0.15) is 12.2 Å². The van der Waals surface area contributed by atoms with Crippen LogP contribution in [0, 0.1) is 18.6 Å². The molecule has 0 spiro atoms. The predicted octanol–water partition coefficient (Wildman–Crippen LogP) is 4.73. The first kappa shape index (κ1) is 18.1. The molecular weight excluding hydrogens is 388 g/mol. The average Bonchev–Trinajstić information content (AvgIpc) is 3.37. The number of aromatic nitrogens is 5. The van der Waals surface area contributed by atoms with E-state index in [-0.39, 0.29) is 11.4 Å². The van der Waals surface area contributed by atoms with Crippen molar-refractivity contribution in [2.45, 2.75) is 13.5 Å². The molecule has 1 aromatic heterocycles. The first-order chi connectivity index (χ1) is 14.6. The van der Waals surface area contributed by atoms with Gasteiger partial charge in [0.2, 0.25) is 11.7 Å². The van der Waals surface area contributed by atoms with E-state index in [1.807, 2.05) is 35.8 Å². The molecule has 0 atom stereocenters. The molecule has 0 radical (unpaired) electrons. The Kier molecular flexibility index (Phi) is 4.31. The third-order valence-corrected chi connectivity index (χ3v) is 4.72. The molecule has 0 amide bonds. The van der Waals surface area contributed by atoms with Gasteiger partial charge in [0, 0.05) is 18.0 Å². The van der Waals surface area contributed by atoms with Crippen LogP contribution < -0.4 is 0 Å². The molecule has 0 saturated carbocycles. The van der Waals surface area contributed by atoms with E-state index in [0.29, 0.717) is 29.6 Å². The molecular formula is C22H15F2N5O. The highest BCUT2D eigenvalue weighted by Gasteiger charge is 2.18. The number of hydrogen-bond acceptors (Lipinski definition) is 5. The highest BCUT2D eigenvalue weighted by atomic mass is 19.2. The van der Waals surface area contributed by atoms with Gasteiger partial charge in [-0.05, 0) is 25.1 Å². The number of fused-ring (bicyclic) bond motifs is 1. The number of aryl methyl sites for hydroxylation is 1. The van der Waals surface area contributed by atoms with Gasteiger partial charge in [-0.3, -0.25) is 0 Å². The molecule has 5 rings (SSSR count). The third kappa shape index (κ3) is 3.32. The number of hydrogen-bond donors (Lipinski definition) is 0. The number of rotatable bonds is 4. The van der Waals surface area contributed by atoms with Crippen LogP contribution in [0.4, 0.5) is 8.78 Å². The van der Waals surface area contributed by atoms with Crippen LogP contribution in [0.25, 0.3) is 34.2 Å². The smallest absolute Gasteiger partial charge is 0.246 e. The molecule has 148 valence electrons. The maximum atomic E-state index is 14.1. The minimum atomic E-state index is -0.963. The summed E-state index contributed by atoms with van der Waals surface area (Å²) >= 11 is 0. The Morgan fingerprint density at radius 2 is 1.70 bits per heavy atom. The van der Waals surface area contributed by atoms with Crippen molar-refractivity contribution in [2.75, 3.05) is 0 Å². The Hall–Kier alpha value is -3.94. The first-order valence-corrected chi connectivity index (χ1v) is 9.24. The van der Waals surface area contributed by atoms with Gasteiger partial charge in [-0.25, -0.2) is 18.7 Å². The average molecular weight is 403 g/mol. The molecule has 6 nitrogen and oxygen atoms in total. The molecule has 3 heterocycles. The van der Waals surface area contributed by atoms with Crippen LogP contribution in [0.3, 0.4) is 0 Å². The summed E-state index contributed by atoms with van der Waals surface area (Å²) in [6.07, 6.45) is 3.54. The molecule has 2 aliphatic rings. The topological polar surface area (TPSA) is 69.6 Å². The summed E-state index contributed by atoms with van der Waals surface area (Å²) in [5, 5.41) is 4.03. The second-order valence-corrected chi connectivity index (χ2v) is 6.91. The van der Waals surface area contributed by atoms with E-state index < -0.39 is 11.6 Å². The molecule has 8 heteroatoms. The zero-order valence-electron chi connectivity index (χ0n) is 15.9. The fourth-order valence-electron chi connectivity index (χ4n) is 3.14. The van der Waals surface area contributed by atoms with Crippen molar-refractivity contribution in [2.24, 2.45) is 0 Å². The van der Waals surface area contributed by atoms with Gasteiger partial charge in [-0.1, -0.05) is 41.1 Å². The maximum absolute atomic E-state index is 14.1. The van der Waals surface area contributed by atoms with Crippen LogP contribution in [-0.2, 0) is 6.54 Å². The van der Waals surface area contributed by atoms with Crippen molar-refractivity contribution in [3.8, 4) is 34.2 Å². The normalized spacial score (nSPS) is 11.3. The van der Waals surface area contributed by atoms with Gasteiger partial charge < -0.3 is 9.09 Å². The summed E-state index contributed by atoms with van der Waals surface area (Å²) in [5.74, 6) is -0.805. The van der Waals surface area contributed by atoms with Gasteiger partial charge in [-0.15, -0.1) is 0 Å². The summed E-state index contributed by atoms with van der Waals surface area (Å²) in [6.45, 7) is 2.35. The van der Waals surface area contributed by atoms with E-state index in [0.717, 1.165) is 17.2 Å². The quantitative estimate of drug-likeness (QED) is 0.434. The van der Waals surface area contributed by atoms with E-state index in [1.54, 1.807) is 18.5 Å². The summed E-state index contributed by atoms with van der Waals surface area (Å²) in [4.78, 5) is 13.1. The van der Waals surface area contributed by atoms with E-state index >= 15 is 0 Å². The fraction of sp³-hybridized carbons (Fsp3) is 0.0909. The van der Waals surface area contributed by atoms with Gasteiger partial charge in [-0.2, -0.15) is 4.98 Å². The van der Waals surface area contributed by atoms with E-state index in [1.165, 1.54) is 12.1 Å².